The van der Waals surface area contributed by atoms with Crippen molar-refractivity contribution in [2.24, 2.45) is 16.8 Å². The molecule has 136 valence electrons. The number of nitrogens with zero attached hydrogens (tertiary/aromatic N) is 3. The number of ether oxygens (including phenoxy) is 1. The molecular weight excluding hydrogens is 435 g/mol. The maximum Gasteiger partial charge on any atom is 0.274 e. The second-order valence-corrected chi connectivity index (χ2v) is 6.81. The predicted molar refractivity (Wildman–Crippen MR) is 105 cm³/mol. The number of para-hydroxylation sites is 1. The number of nitro groups is 1. The Morgan fingerprint density at radius 2 is 1.96 bits per heavy atom. The Labute approximate surface area is 164 Å². The molecule has 4 atom stereocenters. The van der Waals surface area contributed by atoms with E-state index in [9.17, 15) is 10.1 Å². The van der Waals surface area contributed by atoms with Gasteiger partial charge in [0.15, 0.2) is 5.96 Å². The maximum absolute atomic E-state index is 11.1. The Balaban J connectivity index is 0.00000182. The highest BCUT2D eigenvalue weighted by Crippen LogP contribution is 2.47. The Bertz CT molecular complexity index is 666. The fourth-order valence-electron chi connectivity index (χ4n) is 4.48. The van der Waals surface area contributed by atoms with E-state index in [0.29, 0.717) is 36.2 Å². The molecule has 4 rings (SSSR count). The highest BCUT2D eigenvalue weighted by molar-refractivity contribution is 14.0. The zero-order chi connectivity index (χ0) is 16.7. The Kier molecular flexibility index (Phi) is 5.47. The van der Waals surface area contributed by atoms with E-state index in [-0.39, 0.29) is 34.6 Å². The van der Waals surface area contributed by atoms with Crippen molar-refractivity contribution in [3.8, 4) is 0 Å². The van der Waals surface area contributed by atoms with E-state index in [4.69, 9.17) is 4.74 Å². The number of halogens is 1. The SMILES string of the molecule is CN=C(NCc1ccccc1[N+](=O)[O-])N1CC2C3CCC(O3)C2C1.I. The molecule has 3 saturated heterocycles. The highest BCUT2D eigenvalue weighted by Gasteiger charge is 2.53. The molecule has 3 aliphatic heterocycles. The van der Waals surface area contributed by atoms with Gasteiger partial charge in [-0.1, -0.05) is 18.2 Å². The summed E-state index contributed by atoms with van der Waals surface area (Å²) in [7, 11) is 1.76. The minimum absolute atomic E-state index is 0. The zero-order valence-corrected chi connectivity index (χ0v) is 16.5. The van der Waals surface area contributed by atoms with E-state index in [2.05, 4.69) is 15.2 Å². The van der Waals surface area contributed by atoms with Crippen LogP contribution in [0.15, 0.2) is 29.3 Å². The number of likely N-dealkylation sites (tertiary alicyclic amines) is 1. The molecule has 0 amide bonds. The Morgan fingerprint density at radius 1 is 1.32 bits per heavy atom. The van der Waals surface area contributed by atoms with Gasteiger partial charge in [0.2, 0.25) is 0 Å². The lowest BCUT2D eigenvalue weighted by Gasteiger charge is -2.23. The second-order valence-electron chi connectivity index (χ2n) is 6.81. The van der Waals surface area contributed by atoms with Crippen LogP contribution in [0.2, 0.25) is 0 Å². The molecule has 0 spiro atoms. The lowest BCUT2D eigenvalue weighted by atomic mass is 9.82. The lowest BCUT2D eigenvalue weighted by molar-refractivity contribution is -0.385. The van der Waals surface area contributed by atoms with Crippen LogP contribution in [0.1, 0.15) is 18.4 Å². The molecule has 3 heterocycles. The average Bonchev–Trinajstić information content (AvgIpc) is 3.28. The van der Waals surface area contributed by atoms with E-state index in [1.165, 1.54) is 18.9 Å². The standard InChI is InChI=1S/C17H22N4O3.HI/c1-18-17(19-8-11-4-2-3-5-14(11)21(22)23)20-9-12-13(10-20)16-7-6-15(12)24-16;/h2-5,12-13,15-16H,6-10H2,1H3,(H,18,19);1H. The number of rotatable bonds is 3. The van der Waals surface area contributed by atoms with Gasteiger partial charge in [-0.25, -0.2) is 0 Å². The topological polar surface area (TPSA) is 80.0 Å². The Morgan fingerprint density at radius 3 is 2.56 bits per heavy atom. The van der Waals surface area contributed by atoms with Gasteiger partial charge in [0, 0.05) is 50.1 Å². The summed E-state index contributed by atoms with van der Waals surface area (Å²) in [5.41, 5.74) is 0.816. The summed E-state index contributed by atoms with van der Waals surface area (Å²) in [4.78, 5) is 17.4. The number of hydrogen-bond donors (Lipinski definition) is 1. The van der Waals surface area contributed by atoms with Crippen molar-refractivity contribution in [3.05, 3.63) is 39.9 Å². The molecule has 0 aliphatic carbocycles. The van der Waals surface area contributed by atoms with Gasteiger partial charge in [-0.2, -0.15) is 0 Å². The van der Waals surface area contributed by atoms with Gasteiger partial charge in [-0.05, 0) is 12.8 Å². The van der Waals surface area contributed by atoms with E-state index in [1.54, 1.807) is 19.2 Å². The summed E-state index contributed by atoms with van der Waals surface area (Å²) in [6, 6.07) is 6.83. The van der Waals surface area contributed by atoms with Crippen LogP contribution in [0, 0.1) is 22.0 Å². The number of fused-ring (bicyclic) bond motifs is 5. The van der Waals surface area contributed by atoms with Crippen molar-refractivity contribution < 1.29 is 9.66 Å². The molecule has 0 saturated carbocycles. The van der Waals surface area contributed by atoms with Gasteiger partial charge in [-0.3, -0.25) is 15.1 Å². The fourth-order valence-corrected chi connectivity index (χ4v) is 4.48. The van der Waals surface area contributed by atoms with Crippen LogP contribution in [0.3, 0.4) is 0 Å². The normalized spacial score (nSPS) is 30.1. The first-order valence-electron chi connectivity index (χ1n) is 8.50. The summed E-state index contributed by atoms with van der Waals surface area (Å²) >= 11 is 0. The first-order valence-corrected chi connectivity index (χ1v) is 8.50. The number of nitro benzene ring substituents is 1. The van der Waals surface area contributed by atoms with E-state index in [1.807, 2.05) is 6.07 Å². The minimum Gasteiger partial charge on any atom is -0.374 e. The van der Waals surface area contributed by atoms with Crippen molar-refractivity contribution in [1.29, 1.82) is 0 Å². The third kappa shape index (κ3) is 3.33. The van der Waals surface area contributed by atoms with Gasteiger partial charge in [0.25, 0.3) is 5.69 Å². The van der Waals surface area contributed by atoms with Gasteiger partial charge >= 0.3 is 0 Å². The molecule has 0 aromatic heterocycles. The number of nitrogens with one attached hydrogen (secondary N) is 1. The van der Waals surface area contributed by atoms with Crippen LogP contribution in [0.4, 0.5) is 5.69 Å². The fraction of sp³-hybridized carbons (Fsp3) is 0.588. The molecule has 3 aliphatic rings. The van der Waals surface area contributed by atoms with Crippen LogP contribution >= 0.6 is 24.0 Å². The smallest absolute Gasteiger partial charge is 0.274 e. The second kappa shape index (κ2) is 7.45. The molecule has 1 aromatic carbocycles. The van der Waals surface area contributed by atoms with Crippen LogP contribution in [0.25, 0.3) is 0 Å². The number of hydrogen-bond acceptors (Lipinski definition) is 4. The van der Waals surface area contributed by atoms with Gasteiger partial charge in [0.1, 0.15) is 0 Å². The first-order chi connectivity index (χ1) is 11.7. The van der Waals surface area contributed by atoms with Crippen molar-refractivity contribution in [2.75, 3.05) is 20.1 Å². The number of aliphatic imine (C=N–C) groups is 1. The van der Waals surface area contributed by atoms with Crippen molar-refractivity contribution >= 4 is 35.6 Å². The third-order valence-electron chi connectivity index (χ3n) is 5.59. The molecule has 7 nitrogen and oxygen atoms in total. The summed E-state index contributed by atoms with van der Waals surface area (Å²) in [5.74, 6) is 2.03. The minimum atomic E-state index is -0.338. The lowest BCUT2D eigenvalue weighted by Crippen LogP contribution is -2.41. The molecular formula is C17H23IN4O3. The van der Waals surface area contributed by atoms with Crippen LogP contribution in [-0.4, -0.2) is 48.1 Å². The van der Waals surface area contributed by atoms with Crippen molar-refractivity contribution in [2.45, 2.75) is 31.6 Å². The van der Waals surface area contributed by atoms with Crippen LogP contribution < -0.4 is 5.32 Å². The molecule has 1 N–H and O–H groups in total. The van der Waals surface area contributed by atoms with Crippen LogP contribution in [0.5, 0.6) is 0 Å². The van der Waals surface area contributed by atoms with E-state index >= 15 is 0 Å². The molecule has 0 radical (unpaired) electrons. The average molecular weight is 458 g/mol. The molecule has 2 bridgehead atoms. The third-order valence-corrected chi connectivity index (χ3v) is 5.59. The van der Waals surface area contributed by atoms with Gasteiger partial charge in [0.05, 0.1) is 17.1 Å². The quantitative estimate of drug-likeness (QED) is 0.248. The number of guanidine groups is 1. The molecule has 8 heteroatoms. The monoisotopic (exact) mass is 458 g/mol. The van der Waals surface area contributed by atoms with Crippen LogP contribution in [-0.2, 0) is 11.3 Å². The molecule has 3 fully saturated rings. The van der Waals surface area contributed by atoms with Crippen molar-refractivity contribution in [1.82, 2.24) is 10.2 Å². The van der Waals surface area contributed by atoms with Gasteiger partial charge < -0.3 is 15.0 Å². The summed E-state index contributed by atoms with van der Waals surface area (Å²) in [5, 5.41) is 14.4. The highest BCUT2D eigenvalue weighted by atomic mass is 127. The predicted octanol–water partition coefficient (Wildman–Crippen LogP) is 2.40. The number of benzene rings is 1. The first kappa shape index (κ1) is 18.4. The van der Waals surface area contributed by atoms with E-state index < -0.39 is 0 Å². The Hall–Kier alpha value is -1.42. The largest absolute Gasteiger partial charge is 0.374 e. The summed E-state index contributed by atoms with van der Waals surface area (Å²) < 4.78 is 6.01. The maximum atomic E-state index is 11.1. The molecule has 1 aromatic rings. The zero-order valence-electron chi connectivity index (χ0n) is 14.1. The van der Waals surface area contributed by atoms with E-state index in [0.717, 1.165) is 19.0 Å². The summed E-state index contributed by atoms with van der Waals surface area (Å²) in [6.45, 7) is 2.32. The summed E-state index contributed by atoms with van der Waals surface area (Å²) in [6.07, 6.45) is 3.20. The molecule has 4 unspecified atom stereocenters. The van der Waals surface area contributed by atoms with Crippen molar-refractivity contribution in [3.63, 3.8) is 0 Å². The van der Waals surface area contributed by atoms with Gasteiger partial charge in [-0.15, -0.1) is 24.0 Å². The molecule has 25 heavy (non-hydrogen) atoms.